The van der Waals surface area contributed by atoms with Gasteiger partial charge in [0.2, 0.25) is 5.89 Å². The molecular weight excluding hydrogens is 393 g/mol. The van der Waals surface area contributed by atoms with E-state index in [2.05, 4.69) is 46.8 Å². The van der Waals surface area contributed by atoms with E-state index in [4.69, 9.17) is 9.40 Å². The van der Waals surface area contributed by atoms with Gasteiger partial charge in [-0.15, -0.1) is 21.5 Å². The molecule has 2 aromatic carbocycles. The van der Waals surface area contributed by atoms with Crippen LogP contribution in [0.25, 0.3) is 10.6 Å². The zero-order valence-corrected chi connectivity index (χ0v) is 16.9. The molecule has 28 heavy (non-hydrogen) atoms. The predicted octanol–water partition coefficient (Wildman–Crippen LogP) is 5.78. The van der Waals surface area contributed by atoms with E-state index in [-0.39, 0.29) is 5.82 Å². The molecule has 0 aliphatic rings. The van der Waals surface area contributed by atoms with Gasteiger partial charge < -0.3 is 4.42 Å². The molecule has 0 saturated carbocycles. The first-order valence-electron chi connectivity index (χ1n) is 8.93. The first-order chi connectivity index (χ1) is 13.7. The van der Waals surface area contributed by atoms with Gasteiger partial charge in [-0.2, -0.15) is 0 Å². The summed E-state index contributed by atoms with van der Waals surface area (Å²) in [6.07, 6.45) is 1.45. The first kappa shape index (κ1) is 18.8. The Kier molecular flexibility index (Phi) is 5.83. The third-order valence-electron chi connectivity index (χ3n) is 4.20. The Hall–Kier alpha value is -2.51. The highest BCUT2D eigenvalue weighted by Crippen LogP contribution is 2.28. The van der Waals surface area contributed by atoms with E-state index in [1.54, 1.807) is 17.4 Å². The molecule has 0 bridgehead atoms. The number of nitrogens with zero attached hydrogens (tertiary/aromatic N) is 3. The normalized spacial score (nSPS) is 11.1. The summed E-state index contributed by atoms with van der Waals surface area (Å²) in [7, 11) is 0. The second kappa shape index (κ2) is 8.67. The molecule has 0 spiro atoms. The zero-order valence-electron chi connectivity index (χ0n) is 15.3. The Morgan fingerprint density at radius 2 is 1.93 bits per heavy atom. The zero-order chi connectivity index (χ0) is 19.3. The molecule has 0 unspecified atom stereocenters. The van der Waals surface area contributed by atoms with Crippen molar-refractivity contribution in [3.63, 3.8) is 0 Å². The number of rotatable bonds is 7. The average Bonchev–Trinajstić information content (AvgIpc) is 3.36. The van der Waals surface area contributed by atoms with Crippen LogP contribution in [-0.4, -0.2) is 15.2 Å². The lowest BCUT2D eigenvalue weighted by Crippen LogP contribution is -1.89. The molecule has 0 aliphatic heterocycles. The van der Waals surface area contributed by atoms with Gasteiger partial charge in [-0.3, -0.25) is 0 Å². The molecule has 0 fully saturated rings. The lowest BCUT2D eigenvalue weighted by atomic mass is 10.1. The van der Waals surface area contributed by atoms with Crippen molar-refractivity contribution in [2.75, 3.05) is 0 Å². The topological polar surface area (TPSA) is 51.8 Å². The summed E-state index contributed by atoms with van der Waals surface area (Å²) in [5, 5.41) is 11.7. The van der Waals surface area contributed by atoms with Crippen LogP contribution in [0, 0.1) is 5.82 Å². The van der Waals surface area contributed by atoms with E-state index in [1.807, 2.05) is 6.07 Å². The summed E-state index contributed by atoms with van der Waals surface area (Å²) in [5.74, 6) is 0.865. The van der Waals surface area contributed by atoms with E-state index >= 15 is 0 Å². The SMILES string of the molecule is CCc1ccc(-c2nc(CSc3nnc(Cc4cccc(F)c4)o3)cs2)cc1. The molecule has 0 atom stereocenters. The van der Waals surface area contributed by atoms with Crippen molar-refractivity contribution in [2.45, 2.75) is 30.7 Å². The average molecular weight is 412 g/mol. The van der Waals surface area contributed by atoms with Crippen molar-refractivity contribution >= 4 is 23.1 Å². The van der Waals surface area contributed by atoms with Crippen molar-refractivity contribution in [1.29, 1.82) is 0 Å². The standard InChI is InChI=1S/C21H18FN3OS2/c1-2-14-6-8-16(9-7-14)20-23-18(12-27-20)13-28-21-25-24-19(26-21)11-15-4-3-5-17(22)10-15/h3-10,12H,2,11,13H2,1H3. The Morgan fingerprint density at radius 3 is 2.71 bits per heavy atom. The van der Waals surface area contributed by atoms with Crippen LogP contribution in [0.3, 0.4) is 0 Å². The van der Waals surface area contributed by atoms with E-state index in [0.717, 1.165) is 28.2 Å². The maximum atomic E-state index is 13.3. The van der Waals surface area contributed by atoms with Gasteiger partial charge in [-0.05, 0) is 29.7 Å². The maximum absolute atomic E-state index is 13.3. The highest BCUT2D eigenvalue weighted by atomic mass is 32.2. The molecule has 4 aromatic rings. The monoisotopic (exact) mass is 411 g/mol. The highest BCUT2D eigenvalue weighted by molar-refractivity contribution is 7.98. The fraction of sp³-hybridized carbons (Fsp3) is 0.190. The van der Waals surface area contributed by atoms with Crippen molar-refractivity contribution in [2.24, 2.45) is 0 Å². The van der Waals surface area contributed by atoms with Crippen molar-refractivity contribution in [3.8, 4) is 10.6 Å². The summed E-state index contributed by atoms with van der Waals surface area (Å²) < 4.78 is 18.9. The van der Waals surface area contributed by atoms with E-state index < -0.39 is 0 Å². The third-order valence-corrected chi connectivity index (χ3v) is 5.99. The minimum atomic E-state index is -0.268. The van der Waals surface area contributed by atoms with Crippen LogP contribution in [0.15, 0.2) is 63.6 Å². The maximum Gasteiger partial charge on any atom is 0.276 e. The van der Waals surface area contributed by atoms with Crippen LogP contribution in [0.5, 0.6) is 0 Å². The van der Waals surface area contributed by atoms with Gasteiger partial charge in [0.15, 0.2) is 0 Å². The van der Waals surface area contributed by atoms with Gasteiger partial charge in [-0.1, -0.05) is 55.1 Å². The molecule has 0 radical (unpaired) electrons. The van der Waals surface area contributed by atoms with Crippen LogP contribution in [0.4, 0.5) is 4.39 Å². The Bertz CT molecular complexity index is 1060. The number of benzene rings is 2. The predicted molar refractivity (Wildman–Crippen MR) is 110 cm³/mol. The fourth-order valence-corrected chi connectivity index (χ4v) is 4.32. The third kappa shape index (κ3) is 4.66. The van der Waals surface area contributed by atoms with Crippen LogP contribution < -0.4 is 0 Å². The molecule has 2 aromatic heterocycles. The molecule has 4 rings (SSSR count). The first-order valence-corrected chi connectivity index (χ1v) is 10.8. The number of hydrogen-bond acceptors (Lipinski definition) is 6. The summed E-state index contributed by atoms with van der Waals surface area (Å²) in [6.45, 7) is 2.15. The van der Waals surface area contributed by atoms with Crippen LogP contribution in [-0.2, 0) is 18.6 Å². The van der Waals surface area contributed by atoms with Crippen LogP contribution in [0.2, 0.25) is 0 Å². The van der Waals surface area contributed by atoms with Crippen LogP contribution in [0.1, 0.15) is 29.6 Å². The second-order valence-corrected chi connectivity index (χ2v) is 8.04. The van der Waals surface area contributed by atoms with E-state index in [0.29, 0.717) is 23.3 Å². The van der Waals surface area contributed by atoms with E-state index in [9.17, 15) is 4.39 Å². The summed E-state index contributed by atoms with van der Waals surface area (Å²) in [4.78, 5) is 4.70. The smallest absolute Gasteiger partial charge is 0.276 e. The number of thiazole rings is 1. The Labute approximate surface area is 170 Å². The Balaban J connectivity index is 1.36. The lowest BCUT2D eigenvalue weighted by Gasteiger charge is -1.99. The minimum absolute atomic E-state index is 0.268. The molecule has 0 saturated heterocycles. The number of aryl methyl sites for hydroxylation is 1. The molecule has 0 N–H and O–H groups in total. The van der Waals surface area contributed by atoms with E-state index in [1.165, 1.54) is 29.5 Å². The number of aromatic nitrogens is 3. The largest absolute Gasteiger partial charge is 0.416 e. The molecule has 0 amide bonds. The minimum Gasteiger partial charge on any atom is -0.416 e. The molecule has 0 aliphatic carbocycles. The molecule has 2 heterocycles. The van der Waals surface area contributed by atoms with Gasteiger partial charge in [-0.25, -0.2) is 9.37 Å². The number of thioether (sulfide) groups is 1. The fourth-order valence-electron chi connectivity index (χ4n) is 2.71. The highest BCUT2D eigenvalue weighted by Gasteiger charge is 2.10. The van der Waals surface area contributed by atoms with Gasteiger partial charge in [0.1, 0.15) is 10.8 Å². The Morgan fingerprint density at radius 1 is 1.07 bits per heavy atom. The quantitative estimate of drug-likeness (QED) is 0.361. The number of hydrogen-bond donors (Lipinski definition) is 0. The van der Waals surface area contributed by atoms with Gasteiger partial charge in [0.05, 0.1) is 12.1 Å². The number of halogens is 1. The van der Waals surface area contributed by atoms with Crippen molar-refractivity contribution in [3.05, 3.63) is 82.4 Å². The van der Waals surface area contributed by atoms with Gasteiger partial charge in [0.25, 0.3) is 5.22 Å². The molecular formula is C21H18FN3OS2. The van der Waals surface area contributed by atoms with Gasteiger partial charge in [0, 0.05) is 16.7 Å². The lowest BCUT2D eigenvalue weighted by molar-refractivity contribution is 0.420. The van der Waals surface area contributed by atoms with Crippen LogP contribution >= 0.6 is 23.1 Å². The molecule has 142 valence electrons. The van der Waals surface area contributed by atoms with Crippen molar-refractivity contribution in [1.82, 2.24) is 15.2 Å². The summed E-state index contributed by atoms with van der Waals surface area (Å²) >= 11 is 3.09. The summed E-state index contributed by atoms with van der Waals surface area (Å²) in [5.41, 5.74) is 4.24. The molecule has 7 heteroatoms. The second-order valence-electron chi connectivity index (χ2n) is 6.25. The van der Waals surface area contributed by atoms with Crippen molar-refractivity contribution < 1.29 is 8.81 Å². The molecule has 4 nitrogen and oxygen atoms in total. The summed E-state index contributed by atoms with van der Waals surface area (Å²) in [6, 6.07) is 14.9. The van der Waals surface area contributed by atoms with Gasteiger partial charge >= 0.3 is 0 Å².